The first-order chi connectivity index (χ1) is 7.28. The Kier molecular flexibility index (Phi) is 3.39. The van der Waals surface area contributed by atoms with Gasteiger partial charge < -0.3 is 0 Å². The van der Waals surface area contributed by atoms with Crippen molar-refractivity contribution in [2.75, 3.05) is 26.3 Å². The molecule has 2 rings (SSSR count). The Labute approximate surface area is 92.5 Å². The Bertz CT molecular complexity index is 305. The van der Waals surface area contributed by atoms with Crippen molar-refractivity contribution in [2.24, 2.45) is 0 Å². The second kappa shape index (κ2) is 4.77. The van der Waals surface area contributed by atoms with E-state index in [-0.39, 0.29) is 0 Å². The number of aryl methyl sites for hydroxylation is 1. The Morgan fingerprint density at radius 1 is 1.07 bits per heavy atom. The van der Waals surface area contributed by atoms with Crippen LogP contribution in [-0.2, 0) is 6.54 Å². The van der Waals surface area contributed by atoms with Crippen molar-refractivity contribution in [1.29, 1.82) is 0 Å². The molecule has 0 radical (unpaired) electrons. The lowest BCUT2D eigenvalue weighted by Gasteiger charge is -2.16. The van der Waals surface area contributed by atoms with Gasteiger partial charge in [0.2, 0.25) is 0 Å². The van der Waals surface area contributed by atoms with Crippen molar-refractivity contribution < 1.29 is 0 Å². The molecule has 2 heteroatoms. The molecular weight excluding hydrogens is 184 g/mol. The molecule has 82 valence electrons. The first-order valence-electron chi connectivity index (χ1n) is 5.78. The minimum atomic E-state index is 1.09. The molecular formula is C13H20N2. The van der Waals surface area contributed by atoms with Gasteiger partial charge in [0.25, 0.3) is 0 Å². The van der Waals surface area contributed by atoms with Gasteiger partial charge in [0.15, 0.2) is 0 Å². The summed E-state index contributed by atoms with van der Waals surface area (Å²) in [7, 11) is 0. The number of hydrogen-bond donors (Lipinski definition) is 0. The largest absolute Gasteiger partial charge is 0.289 e. The molecule has 0 aliphatic carbocycles. The normalized spacial score (nSPS) is 18.5. The van der Waals surface area contributed by atoms with Crippen LogP contribution in [0.5, 0.6) is 0 Å². The highest BCUT2D eigenvalue weighted by atomic mass is 15.4. The van der Waals surface area contributed by atoms with Crippen molar-refractivity contribution in [3.05, 3.63) is 35.4 Å². The summed E-state index contributed by atoms with van der Waals surface area (Å²) >= 11 is 0. The second-order valence-corrected chi connectivity index (χ2v) is 4.39. The molecule has 1 aromatic rings. The van der Waals surface area contributed by atoms with E-state index in [9.17, 15) is 0 Å². The zero-order valence-corrected chi connectivity index (χ0v) is 9.74. The molecule has 0 aromatic heterocycles. The van der Waals surface area contributed by atoms with E-state index in [4.69, 9.17) is 0 Å². The van der Waals surface area contributed by atoms with Gasteiger partial charge in [0, 0.05) is 19.6 Å². The molecule has 1 aliphatic rings. The average Bonchev–Trinajstić information content (AvgIpc) is 2.69. The van der Waals surface area contributed by atoms with E-state index < -0.39 is 0 Å². The van der Waals surface area contributed by atoms with Gasteiger partial charge in [-0.15, -0.1) is 0 Å². The van der Waals surface area contributed by atoms with Crippen molar-refractivity contribution in [2.45, 2.75) is 20.4 Å². The number of benzene rings is 1. The summed E-state index contributed by atoms with van der Waals surface area (Å²) in [4.78, 5) is 4.99. The molecule has 0 atom stereocenters. The van der Waals surface area contributed by atoms with Crippen LogP contribution in [0.3, 0.4) is 0 Å². The smallest absolute Gasteiger partial charge is 0.0510 e. The fourth-order valence-corrected chi connectivity index (χ4v) is 2.05. The standard InChI is InChI=1S/C13H20N2/c1-3-14-8-9-15(11-14)10-13-6-4-12(2)5-7-13/h4-7H,3,8-11H2,1-2H3. The third-order valence-electron chi connectivity index (χ3n) is 3.11. The summed E-state index contributed by atoms with van der Waals surface area (Å²) in [6.07, 6.45) is 0. The quantitative estimate of drug-likeness (QED) is 0.744. The third-order valence-corrected chi connectivity index (χ3v) is 3.11. The Morgan fingerprint density at radius 3 is 2.33 bits per heavy atom. The molecule has 0 saturated carbocycles. The fraction of sp³-hybridized carbons (Fsp3) is 0.538. The second-order valence-electron chi connectivity index (χ2n) is 4.39. The summed E-state index contributed by atoms with van der Waals surface area (Å²) < 4.78 is 0. The van der Waals surface area contributed by atoms with Crippen LogP contribution in [0.25, 0.3) is 0 Å². The Balaban J connectivity index is 1.90. The summed E-state index contributed by atoms with van der Waals surface area (Å²) in [5.41, 5.74) is 2.77. The lowest BCUT2D eigenvalue weighted by Crippen LogP contribution is -2.24. The highest BCUT2D eigenvalue weighted by Crippen LogP contribution is 2.11. The number of hydrogen-bond acceptors (Lipinski definition) is 2. The molecule has 2 nitrogen and oxygen atoms in total. The molecule has 1 fully saturated rings. The minimum absolute atomic E-state index is 1.09. The zero-order valence-electron chi connectivity index (χ0n) is 9.74. The molecule has 1 saturated heterocycles. The van der Waals surface area contributed by atoms with E-state index in [0.717, 1.165) is 13.2 Å². The van der Waals surface area contributed by atoms with Crippen molar-refractivity contribution in [3.8, 4) is 0 Å². The van der Waals surface area contributed by atoms with Crippen LogP contribution >= 0.6 is 0 Å². The van der Waals surface area contributed by atoms with E-state index >= 15 is 0 Å². The van der Waals surface area contributed by atoms with E-state index in [2.05, 4.69) is 47.9 Å². The summed E-state index contributed by atoms with van der Waals surface area (Å²) in [6.45, 7) is 10.2. The summed E-state index contributed by atoms with van der Waals surface area (Å²) in [5.74, 6) is 0. The third kappa shape index (κ3) is 2.80. The van der Waals surface area contributed by atoms with Gasteiger partial charge in [-0.1, -0.05) is 36.8 Å². The van der Waals surface area contributed by atoms with Gasteiger partial charge in [-0.2, -0.15) is 0 Å². The van der Waals surface area contributed by atoms with Gasteiger partial charge >= 0.3 is 0 Å². The van der Waals surface area contributed by atoms with Crippen LogP contribution in [0.1, 0.15) is 18.1 Å². The molecule has 1 heterocycles. The van der Waals surface area contributed by atoms with E-state index in [1.54, 1.807) is 0 Å². The van der Waals surface area contributed by atoms with E-state index in [1.165, 1.54) is 30.8 Å². The lowest BCUT2D eigenvalue weighted by molar-refractivity contribution is 0.248. The summed E-state index contributed by atoms with van der Waals surface area (Å²) in [6, 6.07) is 8.87. The highest BCUT2D eigenvalue weighted by Gasteiger charge is 2.17. The number of nitrogens with zero attached hydrogens (tertiary/aromatic N) is 2. The van der Waals surface area contributed by atoms with Crippen LogP contribution in [0.2, 0.25) is 0 Å². The molecule has 0 N–H and O–H groups in total. The molecule has 0 bridgehead atoms. The van der Waals surface area contributed by atoms with Gasteiger partial charge in [-0.3, -0.25) is 9.80 Å². The zero-order chi connectivity index (χ0) is 10.7. The maximum atomic E-state index is 2.51. The van der Waals surface area contributed by atoms with Crippen LogP contribution in [0, 0.1) is 6.92 Å². The van der Waals surface area contributed by atoms with Crippen molar-refractivity contribution in [1.82, 2.24) is 9.80 Å². The maximum Gasteiger partial charge on any atom is 0.0510 e. The topological polar surface area (TPSA) is 6.48 Å². The number of likely N-dealkylation sites (N-methyl/N-ethyl adjacent to an activating group) is 1. The lowest BCUT2D eigenvalue weighted by atomic mass is 10.1. The monoisotopic (exact) mass is 204 g/mol. The Morgan fingerprint density at radius 2 is 1.73 bits per heavy atom. The molecule has 1 aliphatic heterocycles. The molecule has 1 aromatic carbocycles. The van der Waals surface area contributed by atoms with E-state index in [1.807, 2.05) is 0 Å². The van der Waals surface area contributed by atoms with Gasteiger partial charge in [-0.05, 0) is 19.0 Å². The van der Waals surface area contributed by atoms with Crippen LogP contribution in [0.15, 0.2) is 24.3 Å². The maximum absolute atomic E-state index is 2.51. The minimum Gasteiger partial charge on any atom is -0.289 e. The predicted molar refractivity (Wildman–Crippen MR) is 63.7 cm³/mol. The summed E-state index contributed by atoms with van der Waals surface area (Å²) in [5, 5.41) is 0. The SMILES string of the molecule is CCN1CCN(Cc2ccc(C)cc2)C1. The van der Waals surface area contributed by atoms with Gasteiger partial charge in [0.05, 0.1) is 6.67 Å². The van der Waals surface area contributed by atoms with Crippen molar-refractivity contribution >= 4 is 0 Å². The number of rotatable bonds is 3. The first kappa shape index (κ1) is 10.7. The highest BCUT2D eigenvalue weighted by molar-refractivity contribution is 5.21. The predicted octanol–water partition coefficient (Wildman–Crippen LogP) is 2.09. The Hall–Kier alpha value is -0.860. The van der Waals surface area contributed by atoms with Gasteiger partial charge in [0.1, 0.15) is 0 Å². The molecule has 0 unspecified atom stereocenters. The molecule has 0 amide bonds. The van der Waals surface area contributed by atoms with E-state index in [0.29, 0.717) is 0 Å². The fourth-order valence-electron chi connectivity index (χ4n) is 2.05. The first-order valence-corrected chi connectivity index (χ1v) is 5.78. The van der Waals surface area contributed by atoms with Crippen LogP contribution in [-0.4, -0.2) is 36.1 Å². The van der Waals surface area contributed by atoms with Crippen LogP contribution in [0.4, 0.5) is 0 Å². The molecule has 0 spiro atoms. The molecule has 15 heavy (non-hydrogen) atoms. The van der Waals surface area contributed by atoms with Gasteiger partial charge in [-0.25, -0.2) is 0 Å². The van der Waals surface area contributed by atoms with Crippen LogP contribution < -0.4 is 0 Å². The van der Waals surface area contributed by atoms with Crippen molar-refractivity contribution in [3.63, 3.8) is 0 Å². The average molecular weight is 204 g/mol.